The first-order valence-electron chi connectivity index (χ1n) is 16.1. The third kappa shape index (κ3) is 6.72. The van der Waals surface area contributed by atoms with E-state index in [1.54, 1.807) is 24.8 Å². The first-order valence-corrected chi connectivity index (χ1v) is 16.1. The Morgan fingerprint density at radius 3 is 2.54 bits per heavy atom. The minimum absolute atomic E-state index is 0.0644. The average molecular weight is 645 g/mol. The zero-order chi connectivity index (χ0) is 33.4. The second-order valence-electron chi connectivity index (χ2n) is 13.3. The molecule has 3 aromatic rings. The summed E-state index contributed by atoms with van der Waals surface area (Å²) in [6.07, 6.45) is 0.433. The lowest BCUT2D eigenvalue weighted by Gasteiger charge is -2.44. The standard InChI is InChI=1S/C34H43F3N4O5/c1-20(2)31(44)45-19-40-28-15-24(34(35,36)37)17-38-29(28)39-32(40)33(5)12-6-7-13-41(33)30(43)27-16-25(46-21(3)4)10-11-26(27)23-9-8-22(14-23)18-42/h10-11,15-17,20-23,42H,6-9,12-14,18-19H2,1-5H3/t22-,23?,33-/m0/s1. The van der Waals surface area contributed by atoms with Crippen molar-refractivity contribution in [3.63, 3.8) is 0 Å². The van der Waals surface area contributed by atoms with Crippen molar-refractivity contribution in [1.82, 2.24) is 19.4 Å². The van der Waals surface area contributed by atoms with Crippen LogP contribution in [0.2, 0.25) is 0 Å². The molecule has 46 heavy (non-hydrogen) atoms. The van der Waals surface area contributed by atoms with Gasteiger partial charge >= 0.3 is 12.1 Å². The number of hydrogen-bond donors (Lipinski definition) is 1. The van der Waals surface area contributed by atoms with Crippen molar-refractivity contribution in [2.45, 2.75) is 104 Å². The van der Waals surface area contributed by atoms with E-state index in [1.165, 1.54) is 4.57 Å². The number of nitrogens with zero attached hydrogens (tertiary/aromatic N) is 4. The van der Waals surface area contributed by atoms with Crippen molar-refractivity contribution in [3.8, 4) is 5.75 Å². The number of hydrogen-bond acceptors (Lipinski definition) is 7. The molecule has 250 valence electrons. The molecule has 1 saturated heterocycles. The monoisotopic (exact) mass is 644 g/mol. The van der Waals surface area contributed by atoms with E-state index in [0.717, 1.165) is 49.9 Å². The van der Waals surface area contributed by atoms with Crippen LogP contribution in [0.5, 0.6) is 5.75 Å². The van der Waals surface area contributed by atoms with Gasteiger partial charge < -0.3 is 19.5 Å². The van der Waals surface area contributed by atoms with Gasteiger partial charge in [0.2, 0.25) is 0 Å². The highest BCUT2D eigenvalue weighted by molar-refractivity contribution is 5.97. The van der Waals surface area contributed by atoms with Gasteiger partial charge in [0.05, 0.1) is 28.6 Å². The van der Waals surface area contributed by atoms with Gasteiger partial charge in [-0.25, -0.2) is 9.97 Å². The summed E-state index contributed by atoms with van der Waals surface area (Å²) in [7, 11) is 0. The summed E-state index contributed by atoms with van der Waals surface area (Å²) in [4.78, 5) is 37.7. The van der Waals surface area contributed by atoms with Gasteiger partial charge in [0.15, 0.2) is 12.4 Å². The van der Waals surface area contributed by atoms with Crippen LogP contribution >= 0.6 is 0 Å². The predicted molar refractivity (Wildman–Crippen MR) is 165 cm³/mol. The average Bonchev–Trinajstić information content (AvgIpc) is 3.64. The highest BCUT2D eigenvalue weighted by atomic mass is 19.4. The molecular formula is C34H43F3N4O5. The number of piperidine rings is 1. The molecule has 1 N–H and O–H groups in total. The molecule has 1 aromatic carbocycles. The number of carbonyl (C=O) groups is 2. The summed E-state index contributed by atoms with van der Waals surface area (Å²) in [6, 6.07) is 6.56. The molecule has 3 heterocycles. The minimum Gasteiger partial charge on any atom is -0.491 e. The van der Waals surface area contributed by atoms with Crippen LogP contribution in [0, 0.1) is 11.8 Å². The zero-order valence-electron chi connectivity index (χ0n) is 27.1. The first-order chi connectivity index (χ1) is 21.7. The minimum atomic E-state index is -4.64. The molecular weight excluding hydrogens is 601 g/mol. The highest BCUT2D eigenvalue weighted by Gasteiger charge is 2.45. The van der Waals surface area contributed by atoms with E-state index < -0.39 is 29.2 Å². The van der Waals surface area contributed by atoms with E-state index in [-0.39, 0.29) is 48.3 Å². The molecule has 1 aliphatic carbocycles. The van der Waals surface area contributed by atoms with Crippen molar-refractivity contribution < 1.29 is 37.3 Å². The van der Waals surface area contributed by atoms with Crippen LogP contribution < -0.4 is 4.74 Å². The highest BCUT2D eigenvalue weighted by Crippen LogP contribution is 2.44. The van der Waals surface area contributed by atoms with Crippen LogP contribution in [-0.2, 0) is 28.0 Å². The molecule has 1 saturated carbocycles. The Labute approximate surface area is 267 Å². The van der Waals surface area contributed by atoms with Gasteiger partial charge in [-0.05, 0) is 94.9 Å². The van der Waals surface area contributed by atoms with E-state index in [0.29, 0.717) is 30.1 Å². The van der Waals surface area contributed by atoms with Crippen LogP contribution in [0.3, 0.4) is 0 Å². The lowest BCUT2D eigenvalue weighted by Crippen LogP contribution is -2.52. The van der Waals surface area contributed by atoms with E-state index in [4.69, 9.17) is 14.5 Å². The Balaban J connectivity index is 1.62. The number of halogens is 3. The summed E-state index contributed by atoms with van der Waals surface area (Å²) in [5.74, 6) is -0.0808. The third-order valence-electron chi connectivity index (χ3n) is 9.22. The Kier molecular flexibility index (Phi) is 9.68. The molecule has 0 spiro atoms. The Morgan fingerprint density at radius 1 is 1.13 bits per heavy atom. The number of fused-ring (bicyclic) bond motifs is 1. The number of carbonyl (C=O) groups excluding carboxylic acids is 2. The Bertz CT molecular complexity index is 1590. The van der Waals surface area contributed by atoms with E-state index in [1.807, 2.05) is 32.9 Å². The molecule has 3 atom stereocenters. The summed E-state index contributed by atoms with van der Waals surface area (Å²) < 4.78 is 54.2. The maximum atomic E-state index is 14.8. The van der Waals surface area contributed by atoms with Gasteiger partial charge in [0.1, 0.15) is 11.6 Å². The number of likely N-dealkylation sites (tertiary alicyclic amines) is 1. The predicted octanol–water partition coefficient (Wildman–Crippen LogP) is 6.81. The van der Waals surface area contributed by atoms with Crippen molar-refractivity contribution in [2.75, 3.05) is 13.2 Å². The van der Waals surface area contributed by atoms with E-state index >= 15 is 0 Å². The van der Waals surface area contributed by atoms with Crippen LogP contribution in [0.4, 0.5) is 13.2 Å². The van der Waals surface area contributed by atoms with Gasteiger partial charge in [0.25, 0.3) is 5.91 Å². The molecule has 5 rings (SSSR count). The fourth-order valence-corrected chi connectivity index (χ4v) is 6.77. The van der Waals surface area contributed by atoms with Crippen LogP contribution in [-0.4, -0.2) is 55.7 Å². The quantitative estimate of drug-likeness (QED) is 0.255. The van der Waals surface area contributed by atoms with Gasteiger partial charge in [-0.15, -0.1) is 0 Å². The molecule has 1 aliphatic heterocycles. The number of alkyl halides is 3. The van der Waals surface area contributed by atoms with Crippen molar-refractivity contribution in [1.29, 1.82) is 0 Å². The molecule has 2 aromatic heterocycles. The van der Waals surface area contributed by atoms with Gasteiger partial charge in [-0.3, -0.25) is 14.2 Å². The number of aliphatic hydroxyl groups excluding tert-OH is 1. The number of esters is 1. The first kappa shape index (κ1) is 33.7. The summed E-state index contributed by atoms with van der Waals surface area (Å²) in [6.45, 7) is 9.14. The van der Waals surface area contributed by atoms with Crippen molar-refractivity contribution in [2.24, 2.45) is 11.8 Å². The normalized spacial score (nSPS) is 22.2. The second-order valence-corrected chi connectivity index (χ2v) is 13.3. The summed E-state index contributed by atoms with van der Waals surface area (Å²) in [5.41, 5.74) is -0.490. The third-order valence-corrected chi connectivity index (χ3v) is 9.22. The Hall–Kier alpha value is -3.67. The van der Waals surface area contributed by atoms with Gasteiger partial charge in [-0.2, -0.15) is 13.2 Å². The topological polar surface area (TPSA) is 107 Å². The summed E-state index contributed by atoms with van der Waals surface area (Å²) in [5, 5.41) is 9.80. The van der Waals surface area contributed by atoms with E-state index in [9.17, 15) is 27.9 Å². The van der Waals surface area contributed by atoms with Crippen LogP contribution in [0.1, 0.15) is 106 Å². The number of aromatic nitrogens is 3. The number of pyridine rings is 1. The maximum Gasteiger partial charge on any atom is 0.417 e. The fraction of sp³-hybridized carbons (Fsp3) is 0.588. The molecule has 9 nitrogen and oxygen atoms in total. The van der Waals surface area contributed by atoms with Crippen molar-refractivity contribution in [3.05, 3.63) is 53.0 Å². The molecule has 1 unspecified atom stereocenters. The molecule has 2 fully saturated rings. The molecule has 0 radical (unpaired) electrons. The summed E-state index contributed by atoms with van der Waals surface area (Å²) >= 11 is 0. The number of ether oxygens (including phenoxy) is 2. The molecule has 0 bridgehead atoms. The Morgan fingerprint density at radius 2 is 1.89 bits per heavy atom. The molecule has 2 aliphatic rings. The number of aliphatic hydroxyl groups is 1. The lowest BCUT2D eigenvalue weighted by molar-refractivity contribution is -0.151. The zero-order valence-corrected chi connectivity index (χ0v) is 27.1. The lowest BCUT2D eigenvalue weighted by atomic mass is 9.85. The smallest absolute Gasteiger partial charge is 0.417 e. The number of amides is 1. The van der Waals surface area contributed by atoms with Crippen molar-refractivity contribution >= 4 is 23.0 Å². The fourth-order valence-electron chi connectivity index (χ4n) is 6.77. The number of imidazole rings is 1. The SMILES string of the molecule is CC(C)Oc1ccc(C2CC[C@H](CO)C2)c(C(=O)N2CCCC[C@@]2(C)c2nc3ncc(C(F)(F)F)cc3n2COC(=O)C(C)C)c1. The number of rotatable bonds is 9. The van der Waals surface area contributed by atoms with E-state index in [2.05, 4.69) is 4.98 Å². The largest absolute Gasteiger partial charge is 0.491 e. The molecule has 1 amide bonds. The van der Waals surface area contributed by atoms with Gasteiger partial charge in [-0.1, -0.05) is 19.9 Å². The van der Waals surface area contributed by atoms with Crippen LogP contribution in [0.15, 0.2) is 30.5 Å². The number of benzene rings is 1. The van der Waals surface area contributed by atoms with Gasteiger partial charge in [0, 0.05) is 24.9 Å². The maximum absolute atomic E-state index is 14.8. The second kappa shape index (κ2) is 13.2. The molecule has 12 heteroatoms. The van der Waals surface area contributed by atoms with Crippen LogP contribution in [0.25, 0.3) is 11.2 Å².